The van der Waals surface area contributed by atoms with Gasteiger partial charge in [0.15, 0.2) is 0 Å². The summed E-state index contributed by atoms with van der Waals surface area (Å²) in [6, 6.07) is 3.37. The van der Waals surface area contributed by atoms with Crippen LogP contribution >= 0.6 is 11.6 Å². The Balaban J connectivity index is 2.20. The van der Waals surface area contributed by atoms with Crippen molar-refractivity contribution in [1.82, 2.24) is 0 Å². The van der Waals surface area contributed by atoms with E-state index >= 15 is 0 Å². The van der Waals surface area contributed by atoms with Gasteiger partial charge in [-0.1, -0.05) is 18.5 Å². The molecular formula is C18H24ClF3O3. The number of phenols is 1. The van der Waals surface area contributed by atoms with Crippen LogP contribution in [0.3, 0.4) is 0 Å². The fourth-order valence-corrected chi connectivity index (χ4v) is 2.35. The van der Waals surface area contributed by atoms with Crippen LogP contribution < -0.4 is 4.74 Å². The molecule has 0 heterocycles. The minimum Gasteiger partial charge on any atom is -0.508 e. The number of rotatable bonds is 10. The van der Waals surface area contributed by atoms with Crippen molar-refractivity contribution in [3.05, 3.63) is 34.4 Å². The van der Waals surface area contributed by atoms with Crippen LogP contribution in [0.5, 0.6) is 11.5 Å². The van der Waals surface area contributed by atoms with Gasteiger partial charge in [0, 0.05) is 6.61 Å². The molecule has 0 aliphatic rings. The van der Waals surface area contributed by atoms with Crippen LogP contribution in [-0.4, -0.2) is 31.1 Å². The topological polar surface area (TPSA) is 38.7 Å². The monoisotopic (exact) mass is 380 g/mol. The third kappa shape index (κ3) is 8.01. The van der Waals surface area contributed by atoms with E-state index in [-0.39, 0.29) is 12.4 Å². The molecule has 0 aliphatic heterocycles. The number of benzene rings is 1. The lowest BCUT2D eigenvalue weighted by Crippen LogP contribution is -2.08. The van der Waals surface area contributed by atoms with E-state index < -0.39 is 11.2 Å². The maximum atomic E-state index is 12.1. The quantitative estimate of drug-likeness (QED) is 0.543. The lowest BCUT2D eigenvalue weighted by molar-refractivity contribution is -0.0850. The first-order valence-corrected chi connectivity index (χ1v) is 8.59. The summed E-state index contributed by atoms with van der Waals surface area (Å²) in [5, 5.41) is 8.44. The predicted molar refractivity (Wildman–Crippen MR) is 92.4 cm³/mol. The Hall–Kier alpha value is -1.40. The summed E-state index contributed by atoms with van der Waals surface area (Å²) in [4.78, 5) is 0. The number of unbranched alkanes of at least 4 members (excludes halogenated alkanes) is 2. The summed E-state index contributed by atoms with van der Waals surface area (Å²) in [6.07, 6.45) is -0.528. The Labute approximate surface area is 151 Å². The Kier molecular flexibility index (Phi) is 9.14. The van der Waals surface area contributed by atoms with E-state index in [1.54, 1.807) is 12.1 Å². The summed E-state index contributed by atoms with van der Waals surface area (Å²) in [5.41, 5.74) is 1.86. The lowest BCUT2D eigenvalue weighted by Gasteiger charge is -2.14. The van der Waals surface area contributed by atoms with Gasteiger partial charge in [-0.15, -0.1) is 0 Å². The number of phenolic OH excluding ortho intramolecular Hbond substituents is 1. The first-order chi connectivity index (χ1) is 11.8. The minimum absolute atomic E-state index is 0.151. The van der Waals surface area contributed by atoms with Gasteiger partial charge in [-0.3, -0.25) is 0 Å². The van der Waals surface area contributed by atoms with Gasteiger partial charge < -0.3 is 14.6 Å². The molecule has 1 aromatic carbocycles. The van der Waals surface area contributed by atoms with E-state index in [1.165, 1.54) is 0 Å². The Bertz CT molecular complexity index is 571. The van der Waals surface area contributed by atoms with Crippen molar-refractivity contribution in [2.24, 2.45) is 0 Å². The molecule has 3 nitrogen and oxygen atoms in total. The molecule has 0 fully saturated rings. The number of ether oxygens (including phenoxy) is 2. The summed E-state index contributed by atoms with van der Waals surface area (Å²) in [5.74, 6) is 1.04. The Morgan fingerprint density at radius 1 is 1.20 bits per heavy atom. The molecule has 142 valence electrons. The van der Waals surface area contributed by atoms with Crippen LogP contribution in [0, 0.1) is 6.92 Å². The molecular weight excluding hydrogens is 357 g/mol. The Morgan fingerprint density at radius 3 is 2.52 bits per heavy atom. The zero-order chi connectivity index (χ0) is 18.9. The van der Waals surface area contributed by atoms with Crippen molar-refractivity contribution in [2.75, 3.05) is 19.8 Å². The van der Waals surface area contributed by atoms with Gasteiger partial charge >= 0.3 is 6.18 Å². The molecule has 0 spiro atoms. The first kappa shape index (κ1) is 21.6. The normalized spacial score (nSPS) is 12.5. The van der Waals surface area contributed by atoms with E-state index in [4.69, 9.17) is 21.1 Å². The molecule has 25 heavy (non-hydrogen) atoms. The third-order valence-electron chi connectivity index (χ3n) is 3.55. The number of hydrogen-bond acceptors (Lipinski definition) is 3. The molecule has 0 aromatic heterocycles. The van der Waals surface area contributed by atoms with Crippen LogP contribution in [0.2, 0.25) is 0 Å². The highest BCUT2D eigenvalue weighted by molar-refractivity contribution is 6.30. The molecule has 0 atom stereocenters. The minimum atomic E-state index is -4.51. The standard InChI is InChI=1S/C18H24ClF3O3/c1-3-14-12-15(23)11-13(2)17(14)25-9-6-4-5-8-24-10-7-16(19)18(20,21)22/h7,11-12,23H,3-6,8-10H2,1-2H3. The maximum absolute atomic E-state index is 12.1. The van der Waals surface area contributed by atoms with E-state index in [9.17, 15) is 18.3 Å². The number of alkyl halides is 3. The molecule has 1 aromatic rings. The lowest BCUT2D eigenvalue weighted by atomic mass is 10.1. The maximum Gasteiger partial charge on any atom is 0.426 e. The average Bonchev–Trinajstić information content (AvgIpc) is 2.53. The predicted octanol–water partition coefficient (Wildman–Crippen LogP) is 5.51. The van der Waals surface area contributed by atoms with Crippen molar-refractivity contribution in [3.63, 3.8) is 0 Å². The zero-order valence-electron chi connectivity index (χ0n) is 14.5. The van der Waals surface area contributed by atoms with Gasteiger partial charge in [-0.25, -0.2) is 0 Å². The molecule has 0 amide bonds. The molecule has 0 radical (unpaired) electrons. The first-order valence-electron chi connectivity index (χ1n) is 8.21. The van der Waals surface area contributed by atoms with Crippen molar-refractivity contribution in [1.29, 1.82) is 0 Å². The van der Waals surface area contributed by atoms with Crippen LogP contribution in [0.15, 0.2) is 23.2 Å². The summed E-state index contributed by atoms with van der Waals surface area (Å²) < 4.78 is 47.3. The van der Waals surface area contributed by atoms with Crippen LogP contribution in [-0.2, 0) is 11.2 Å². The molecule has 0 unspecified atom stereocenters. The van der Waals surface area contributed by atoms with Crippen LogP contribution in [0.25, 0.3) is 0 Å². The molecule has 1 rings (SSSR count). The SMILES string of the molecule is CCc1cc(O)cc(C)c1OCCCCCOCC=C(Cl)C(F)(F)F. The zero-order valence-corrected chi connectivity index (χ0v) is 15.2. The van der Waals surface area contributed by atoms with E-state index in [0.717, 1.165) is 48.6 Å². The second-order valence-electron chi connectivity index (χ2n) is 5.64. The summed E-state index contributed by atoms with van der Waals surface area (Å²) >= 11 is 5.07. The summed E-state index contributed by atoms with van der Waals surface area (Å²) in [7, 11) is 0. The van der Waals surface area contributed by atoms with Gasteiger partial charge in [0.2, 0.25) is 0 Å². The number of allylic oxidation sites excluding steroid dienone is 1. The van der Waals surface area contributed by atoms with Crippen molar-refractivity contribution in [3.8, 4) is 11.5 Å². The molecule has 0 bridgehead atoms. The molecule has 1 N–H and O–H groups in total. The number of halogens is 4. The van der Waals surface area contributed by atoms with Crippen molar-refractivity contribution in [2.45, 2.75) is 45.7 Å². The van der Waals surface area contributed by atoms with Gasteiger partial charge in [-0.2, -0.15) is 13.2 Å². The second-order valence-corrected chi connectivity index (χ2v) is 6.05. The number of hydrogen-bond donors (Lipinski definition) is 1. The number of aromatic hydroxyl groups is 1. The molecule has 0 aliphatic carbocycles. The fourth-order valence-electron chi connectivity index (χ4n) is 2.28. The summed E-state index contributed by atoms with van der Waals surface area (Å²) in [6.45, 7) is 4.65. The third-order valence-corrected chi connectivity index (χ3v) is 3.92. The van der Waals surface area contributed by atoms with Gasteiger partial charge in [0.1, 0.15) is 16.5 Å². The fraction of sp³-hybridized carbons (Fsp3) is 0.556. The van der Waals surface area contributed by atoms with Gasteiger partial charge in [0.25, 0.3) is 0 Å². The average molecular weight is 381 g/mol. The van der Waals surface area contributed by atoms with E-state index in [2.05, 4.69) is 0 Å². The smallest absolute Gasteiger partial charge is 0.426 e. The van der Waals surface area contributed by atoms with Gasteiger partial charge in [-0.05, 0) is 61.9 Å². The number of aryl methyl sites for hydroxylation is 2. The van der Waals surface area contributed by atoms with E-state index in [1.807, 2.05) is 13.8 Å². The van der Waals surface area contributed by atoms with Crippen molar-refractivity contribution >= 4 is 11.6 Å². The van der Waals surface area contributed by atoms with Crippen LogP contribution in [0.1, 0.15) is 37.3 Å². The highest BCUT2D eigenvalue weighted by Crippen LogP contribution is 2.29. The highest BCUT2D eigenvalue weighted by Gasteiger charge is 2.31. The van der Waals surface area contributed by atoms with Gasteiger partial charge in [0.05, 0.1) is 13.2 Å². The highest BCUT2D eigenvalue weighted by atomic mass is 35.5. The molecule has 0 saturated heterocycles. The van der Waals surface area contributed by atoms with E-state index in [0.29, 0.717) is 13.2 Å². The largest absolute Gasteiger partial charge is 0.508 e. The Morgan fingerprint density at radius 2 is 1.88 bits per heavy atom. The van der Waals surface area contributed by atoms with Crippen LogP contribution in [0.4, 0.5) is 13.2 Å². The molecule has 0 saturated carbocycles. The molecule has 7 heteroatoms. The second kappa shape index (κ2) is 10.6. The van der Waals surface area contributed by atoms with Crippen molar-refractivity contribution < 1.29 is 27.8 Å².